The Morgan fingerprint density at radius 2 is 1.77 bits per heavy atom. The molecule has 8 heteroatoms. The summed E-state index contributed by atoms with van der Waals surface area (Å²) >= 11 is 0. The highest BCUT2D eigenvalue weighted by Crippen LogP contribution is 2.28. The van der Waals surface area contributed by atoms with Gasteiger partial charge in [-0.2, -0.15) is 4.31 Å². The molecular formula is C14H20N2O5S. The number of nitro groups is 1. The van der Waals surface area contributed by atoms with Crippen molar-refractivity contribution in [2.24, 2.45) is 0 Å². The van der Waals surface area contributed by atoms with Gasteiger partial charge in [-0.1, -0.05) is 0 Å². The Bertz CT molecular complexity index is 691. The second-order valence-corrected chi connectivity index (χ2v) is 7.66. The summed E-state index contributed by atoms with van der Waals surface area (Å²) in [5.74, 6) is 0. The molecule has 0 amide bonds. The minimum absolute atomic E-state index is 0.0383. The Labute approximate surface area is 130 Å². The van der Waals surface area contributed by atoms with Gasteiger partial charge >= 0.3 is 0 Å². The number of sulfonamides is 1. The molecule has 0 unspecified atom stereocenters. The summed E-state index contributed by atoms with van der Waals surface area (Å²) in [6.07, 6.45) is -0.417. The van der Waals surface area contributed by atoms with Crippen LogP contribution in [0.5, 0.6) is 0 Å². The molecule has 0 radical (unpaired) electrons. The lowest BCUT2D eigenvalue weighted by molar-refractivity contribution is -0.385. The number of ether oxygens (including phenoxy) is 1. The standard InChI is InChI=1S/C14H20N2O5S/c1-9-5-13(6-14(12(9)4)16(17)18)22(19,20)15-7-10(2)21-11(3)8-15/h5-6,10-11H,7-8H2,1-4H3/t10-,11-/m0/s1. The fourth-order valence-corrected chi connectivity index (χ4v) is 4.32. The van der Waals surface area contributed by atoms with Crippen LogP contribution in [0.3, 0.4) is 0 Å². The van der Waals surface area contributed by atoms with Gasteiger partial charge in [0.1, 0.15) is 0 Å². The first kappa shape index (κ1) is 16.9. The lowest BCUT2D eigenvalue weighted by Gasteiger charge is -2.34. The molecule has 0 saturated carbocycles. The van der Waals surface area contributed by atoms with Crippen molar-refractivity contribution in [2.75, 3.05) is 13.1 Å². The summed E-state index contributed by atoms with van der Waals surface area (Å²) in [4.78, 5) is 10.5. The van der Waals surface area contributed by atoms with E-state index in [2.05, 4.69) is 0 Å². The second-order valence-electron chi connectivity index (χ2n) is 5.72. The van der Waals surface area contributed by atoms with Crippen LogP contribution in [0.25, 0.3) is 0 Å². The molecular weight excluding hydrogens is 308 g/mol. The van der Waals surface area contributed by atoms with Crippen molar-refractivity contribution < 1.29 is 18.1 Å². The number of aryl methyl sites for hydroxylation is 1. The van der Waals surface area contributed by atoms with E-state index >= 15 is 0 Å². The summed E-state index contributed by atoms with van der Waals surface area (Å²) in [5.41, 5.74) is 0.891. The molecule has 0 spiro atoms. The quantitative estimate of drug-likeness (QED) is 0.625. The Morgan fingerprint density at radius 3 is 2.27 bits per heavy atom. The SMILES string of the molecule is Cc1cc(S(=O)(=O)N2C[C@H](C)O[C@@H](C)C2)cc([N+](=O)[O-])c1C. The highest BCUT2D eigenvalue weighted by Gasteiger charge is 2.33. The van der Waals surface area contributed by atoms with Crippen LogP contribution in [0, 0.1) is 24.0 Å². The maximum atomic E-state index is 12.8. The van der Waals surface area contributed by atoms with E-state index in [0.29, 0.717) is 11.1 Å². The van der Waals surface area contributed by atoms with Crippen molar-refractivity contribution in [3.05, 3.63) is 33.4 Å². The first-order chi connectivity index (χ1) is 10.1. The van der Waals surface area contributed by atoms with Crippen LogP contribution in [0.4, 0.5) is 5.69 Å². The summed E-state index contributed by atoms with van der Waals surface area (Å²) in [5, 5.41) is 11.1. The highest BCUT2D eigenvalue weighted by molar-refractivity contribution is 7.89. The first-order valence-corrected chi connectivity index (χ1v) is 8.48. The van der Waals surface area contributed by atoms with Crippen LogP contribution in [-0.4, -0.2) is 42.9 Å². The van der Waals surface area contributed by atoms with E-state index in [1.54, 1.807) is 27.7 Å². The third-order valence-corrected chi connectivity index (χ3v) is 5.64. The fraction of sp³-hybridized carbons (Fsp3) is 0.571. The molecule has 1 aromatic rings. The number of benzene rings is 1. The molecule has 7 nitrogen and oxygen atoms in total. The Balaban J connectivity index is 2.48. The molecule has 2 atom stereocenters. The van der Waals surface area contributed by atoms with Crippen LogP contribution in [0.2, 0.25) is 0 Å². The number of nitrogens with zero attached hydrogens (tertiary/aromatic N) is 2. The van der Waals surface area contributed by atoms with Crippen LogP contribution < -0.4 is 0 Å². The minimum Gasteiger partial charge on any atom is -0.373 e. The average Bonchev–Trinajstić information content (AvgIpc) is 2.40. The van der Waals surface area contributed by atoms with Crippen molar-refractivity contribution in [1.29, 1.82) is 0 Å². The molecule has 0 aliphatic carbocycles. The maximum Gasteiger partial charge on any atom is 0.273 e. The third-order valence-electron chi connectivity index (χ3n) is 3.83. The topological polar surface area (TPSA) is 89.8 Å². The molecule has 0 bridgehead atoms. The van der Waals surface area contributed by atoms with Crippen molar-refractivity contribution in [1.82, 2.24) is 4.31 Å². The van der Waals surface area contributed by atoms with Gasteiger partial charge in [0.2, 0.25) is 10.0 Å². The zero-order valence-corrected chi connectivity index (χ0v) is 13.9. The van der Waals surface area contributed by atoms with Crippen LogP contribution in [0.15, 0.2) is 17.0 Å². The Morgan fingerprint density at radius 1 is 1.23 bits per heavy atom. The van der Waals surface area contributed by atoms with Crippen LogP contribution in [-0.2, 0) is 14.8 Å². The first-order valence-electron chi connectivity index (χ1n) is 7.04. The highest BCUT2D eigenvalue weighted by atomic mass is 32.2. The number of morpholine rings is 1. The van der Waals surface area contributed by atoms with Crippen LogP contribution >= 0.6 is 0 Å². The van der Waals surface area contributed by atoms with Gasteiger partial charge in [0.05, 0.1) is 22.0 Å². The van der Waals surface area contributed by atoms with E-state index in [9.17, 15) is 18.5 Å². The smallest absolute Gasteiger partial charge is 0.273 e. The molecule has 1 fully saturated rings. The zero-order chi connectivity index (χ0) is 16.7. The number of nitro benzene ring substituents is 1. The van der Waals surface area contributed by atoms with Crippen molar-refractivity contribution >= 4 is 15.7 Å². The van der Waals surface area contributed by atoms with Gasteiger partial charge in [0, 0.05) is 24.7 Å². The van der Waals surface area contributed by atoms with E-state index in [4.69, 9.17) is 4.74 Å². The molecule has 122 valence electrons. The Kier molecular flexibility index (Phi) is 4.55. The summed E-state index contributed by atoms with van der Waals surface area (Å²) < 4.78 is 32.4. The summed E-state index contributed by atoms with van der Waals surface area (Å²) in [7, 11) is -3.77. The van der Waals surface area contributed by atoms with Gasteiger partial charge in [0.15, 0.2) is 0 Å². The molecule has 22 heavy (non-hydrogen) atoms. The van der Waals surface area contributed by atoms with Gasteiger partial charge in [-0.3, -0.25) is 10.1 Å². The van der Waals surface area contributed by atoms with Gasteiger partial charge in [-0.15, -0.1) is 0 Å². The predicted octanol–water partition coefficient (Wildman–Crippen LogP) is 2.01. The number of hydrogen-bond acceptors (Lipinski definition) is 5. The molecule has 1 aromatic carbocycles. The molecule has 1 aliphatic rings. The number of rotatable bonds is 3. The van der Waals surface area contributed by atoms with Crippen molar-refractivity contribution in [3.8, 4) is 0 Å². The predicted molar refractivity (Wildman–Crippen MR) is 81.3 cm³/mol. The van der Waals surface area contributed by atoms with E-state index in [1.807, 2.05) is 0 Å². The lowest BCUT2D eigenvalue weighted by atomic mass is 10.1. The third kappa shape index (κ3) is 3.13. The number of hydrogen-bond donors (Lipinski definition) is 0. The van der Waals surface area contributed by atoms with E-state index < -0.39 is 14.9 Å². The van der Waals surface area contributed by atoms with Crippen molar-refractivity contribution in [3.63, 3.8) is 0 Å². The normalized spacial score (nSPS) is 23.5. The Hall–Kier alpha value is -1.51. The average molecular weight is 328 g/mol. The van der Waals surface area contributed by atoms with E-state index in [-0.39, 0.29) is 35.9 Å². The molecule has 0 aromatic heterocycles. The summed E-state index contributed by atoms with van der Waals surface area (Å²) in [6, 6.07) is 2.63. The monoisotopic (exact) mass is 328 g/mol. The van der Waals surface area contributed by atoms with Gasteiger partial charge in [-0.25, -0.2) is 8.42 Å². The molecule has 2 rings (SSSR count). The lowest BCUT2D eigenvalue weighted by Crippen LogP contribution is -2.48. The zero-order valence-electron chi connectivity index (χ0n) is 13.1. The van der Waals surface area contributed by atoms with E-state index in [1.165, 1.54) is 10.4 Å². The van der Waals surface area contributed by atoms with Crippen LogP contribution in [0.1, 0.15) is 25.0 Å². The minimum atomic E-state index is -3.77. The summed E-state index contributed by atoms with van der Waals surface area (Å²) in [6.45, 7) is 7.39. The fourth-order valence-electron chi connectivity index (χ4n) is 2.62. The molecule has 0 N–H and O–H groups in total. The van der Waals surface area contributed by atoms with Gasteiger partial charge in [0.25, 0.3) is 5.69 Å². The maximum absolute atomic E-state index is 12.8. The van der Waals surface area contributed by atoms with E-state index in [0.717, 1.165) is 6.07 Å². The molecule has 1 heterocycles. The van der Waals surface area contributed by atoms with Gasteiger partial charge < -0.3 is 4.74 Å². The molecule has 1 saturated heterocycles. The van der Waals surface area contributed by atoms with Crippen molar-refractivity contribution in [2.45, 2.75) is 44.8 Å². The second kappa shape index (κ2) is 5.94. The van der Waals surface area contributed by atoms with Gasteiger partial charge in [-0.05, 0) is 39.3 Å². The largest absolute Gasteiger partial charge is 0.373 e. The molecule has 1 aliphatic heterocycles.